The van der Waals surface area contributed by atoms with Crippen LogP contribution in [-0.4, -0.2) is 52.1 Å². The molecule has 2 aromatic heterocycles. The summed E-state index contributed by atoms with van der Waals surface area (Å²) >= 11 is 0. The fraction of sp³-hybridized carbons (Fsp3) is 0.207. The number of pyridine rings is 2. The van der Waals surface area contributed by atoms with Crippen LogP contribution in [0.4, 0.5) is 0 Å². The monoisotopic (exact) mass is 493 g/mol. The van der Waals surface area contributed by atoms with Crippen molar-refractivity contribution < 1.29 is 14.3 Å². The zero-order chi connectivity index (χ0) is 25.6. The van der Waals surface area contributed by atoms with E-state index in [0.717, 1.165) is 42.4 Å². The summed E-state index contributed by atoms with van der Waals surface area (Å²) in [6.45, 7) is 3.47. The Hall–Kier alpha value is -4.59. The Morgan fingerprint density at radius 3 is 2.57 bits per heavy atom. The molecule has 0 radical (unpaired) electrons. The molecule has 1 saturated heterocycles. The molecule has 1 fully saturated rings. The van der Waals surface area contributed by atoms with Crippen molar-refractivity contribution in [3.05, 3.63) is 90.3 Å². The van der Waals surface area contributed by atoms with Gasteiger partial charge in [0.05, 0.1) is 22.5 Å². The quantitative estimate of drug-likeness (QED) is 0.303. The van der Waals surface area contributed by atoms with Gasteiger partial charge < -0.3 is 9.64 Å². The number of hydrogen-bond donors (Lipinski definition) is 1. The van der Waals surface area contributed by atoms with Crippen molar-refractivity contribution in [3.8, 4) is 17.0 Å². The first kappa shape index (κ1) is 24.1. The van der Waals surface area contributed by atoms with Gasteiger partial charge in [0.1, 0.15) is 5.75 Å². The van der Waals surface area contributed by atoms with Gasteiger partial charge in [0.25, 0.3) is 11.8 Å². The predicted molar refractivity (Wildman–Crippen MR) is 142 cm³/mol. The SMILES string of the molecule is CC(=NNC(=O)c1cc(-c2cccnc2)nc2ccccc12)c1ccc(OCC(=O)N2CCCC2)cc1. The van der Waals surface area contributed by atoms with Gasteiger partial charge >= 0.3 is 0 Å². The van der Waals surface area contributed by atoms with Crippen LogP contribution >= 0.6 is 0 Å². The molecular weight excluding hydrogens is 466 g/mol. The number of hydrazone groups is 1. The fourth-order valence-electron chi connectivity index (χ4n) is 4.28. The molecule has 3 heterocycles. The number of benzene rings is 2. The summed E-state index contributed by atoms with van der Waals surface area (Å²) in [5.41, 5.74) is 6.83. The molecule has 2 aromatic carbocycles. The fourth-order valence-corrected chi connectivity index (χ4v) is 4.28. The Bertz CT molecular complexity index is 1450. The lowest BCUT2D eigenvalue weighted by Crippen LogP contribution is -2.32. The molecule has 2 amide bonds. The lowest BCUT2D eigenvalue weighted by atomic mass is 10.0. The molecule has 0 spiro atoms. The number of rotatable bonds is 7. The maximum absolute atomic E-state index is 13.2. The van der Waals surface area contributed by atoms with Crippen LogP contribution in [-0.2, 0) is 4.79 Å². The van der Waals surface area contributed by atoms with Gasteiger partial charge in [-0.05, 0) is 73.9 Å². The molecule has 8 nitrogen and oxygen atoms in total. The van der Waals surface area contributed by atoms with Gasteiger partial charge in [0.15, 0.2) is 6.61 Å². The first-order chi connectivity index (χ1) is 18.1. The van der Waals surface area contributed by atoms with E-state index in [2.05, 4.69) is 15.5 Å². The number of nitrogens with zero attached hydrogens (tertiary/aromatic N) is 4. The molecule has 0 bridgehead atoms. The minimum atomic E-state index is -0.330. The number of para-hydroxylation sites is 1. The van der Waals surface area contributed by atoms with Gasteiger partial charge in [-0.2, -0.15) is 5.10 Å². The Labute approximate surface area is 215 Å². The van der Waals surface area contributed by atoms with Crippen LogP contribution in [0.5, 0.6) is 5.75 Å². The predicted octanol–water partition coefficient (Wildman–Crippen LogP) is 4.45. The normalized spacial score (nSPS) is 13.5. The number of ether oxygens (including phenoxy) is 1. The third-order valence-electron chi connectivity index (χ3n) is 6.34. The lowest BCUT2D eigenvalue weighted by molar-refractivity contribution is -0.132. The second-order valence-electron chi connectivity index (χ2n) is 8.85. The average molecular weight is 494 g/mol. The molecule has 0 aliphatic carbocycles. The first-order valence-corrected chi connectivity index (χ1v) is 12.2. The minimum absolute atomic E-state index is 0.0114. The summed E-state index contributed by atoms with van der Waals surface area (Å²) in [6, 6.07) is 20.3. The van der Waals surface area contributed by atoms with Gasteiger partial charge in [-0.25, -0.2) is 10.4 Å². The van der Waals surface area contributed by atoms with Crippen molar-refractivity contribution in [2.45, 2.75) is 19.8 Å². The molecule has 186 valence electrons. The van der Waals surface area contributed by atoms with Crippen molar-refractivity contribution in [1.82, 2.24) is 20.3 Å². The molecule has 0 saturated carbocycles. The summed E-state index contributed by atoms with van der Waals surface area (Å²) in [4.78, 5) is 36.0. The van der Waals surface area contributed by atoms with Crippen molar-refractivity contribution in [2.24, 2.45) is 5.10 Å². The molecule has 0 unspecified atom stereocenters. The van der Waals surface area contributed by atoms with E-state index in [9.17, 15) is 9.59 Å². The van der Waals surface area contributed by atoms with Crippen molar-refractivity contribution in [3.63, 3.8) is 0 Å². The average Bonchev–Trinajstić information content (AvgIpc) is 3.50. The highest BCUT2D eigenvalue weighted by Gasteiger charge is 2.18. The minimum Gasteiger partial charge on any atom is -0.484 e. The van der Waals surface area contributed by atoms with E-state index >= 15 is 0 Å². The molecule has 1 aliphatic heterocycles. The maximum atomic E-state index is 13.2. The van der Waals surface area contributed by atoms with Gasteiger partial charge in [-0.1, -0.05) is 18.2 Å². The number of carbonyl (C=O) groups excluding carboxylic acids is 2. The Morgan fingerprint density at radius 1 is 1.03 bits per heavy atom. The number of aromatic nitrogens is 2. The van der Waals surface area contributed by atoms with E-state index in [0.29, 0.717) is 28.2 Å². The molecular formula is C29H27N5O3. The Kier molecular flexibility index (Phi) is 7.16. The highest BCUT2D eigenvalue weighted by Crippen LogP contribution is 2.24. The standard InChI is InChI=1S/C29H27N5O3/c1-20(21-10-12-23(13-11-21)37-19-28(35)34-15-4-5-16-34)32-33-29(36)25-17-27(22-7-6-14-30-18-22)31-26-9-3-2-8-24(25)26/h2-3,6-14,17-18H,4-5,15-16,19H2,1H3,(H,33,36). The molecule has 1 N–H and O–H groups in total. The van der Waals surface area contributed by atoms with Gasteiger partial charge in [0.2, 0.25) is 0 Å². The second kappa shape index (κ2) is 11.0. The Morgan fingerprint density at radius 2 is 1.81 bits per heavy atom. The van der Waals surface area contributed by atoms with E-state index in [4.69, 9.17) is 9.72 Å². The van der Waals surface area contributed by atoms with Crippen LogP contribution in [0.2, 0.25) is 0 Å². The van der Waals surface area contributed by atoms with E-state index < -0.39 is 0 Å². The molecule has 8 heteroatoms. The van der Waals surface area contributed by atoms with Crippen LogP contribution < -0.4 is 10.2 Å². The summed E-state index contributed by atoms with van der Waals surface area (Å²) in [5, 5.41) is 5.06. The number of amides is 2. The summed E-state index contributed by atoms with van der Waals surface area (Å²) in [5.74, 6) is 0.292. The number of fused-ring (bicyclic) bond motifs is 1. The molecule has 5 rings (SSSR count). The van der Waals surface area contributed by atoms with Crippen LogP contribution in [0.15, 0.2) is 84.2 Å². The highest BCUT2D eigenvalue weighted by atomic mass is 16.5. The summed E-state index contributed by atoms with van der Waals surface area (Å²) < 4.78 is 5.65. The van der Waals surface area contributed by atoms with Gasteiger partial charge in [-0.3, -0.25) is 14.6 Å². The van der Waals surface area contributed by atoms with E-state index in [-0.39, 0.29) is 18.4 Å². The number of nitrogens with one attached hydrogen (secondary N) is 1. The zero-order valence-electron chi connectivity index (χ0n) is 20.6. The smallest absolute Gasteiger partial charge is 0.272 e. The van der Waals surface area contributed by atoms with Crippen molar-refractivity contribution in [2.75, 3.05) is 19.7 Å². The third-order valence-corrected chi connectivity index (χ3v) is 6.34. The molecule has 37 heavy (non-hydrogen) atoms. The van der Waals surface area contributed by atoms with Crippen LogP contribution in [0.1, 0.15) is 35.7 Å². The zero-order valence-corrected chi connectivity index (χ0v) is 20.6. The number of hydrogen-bond acceptors (Lipinski definition) is 6. The topological polar surface area (TPSA) is 96.8 Å². The van der Waals surface area contributed by atoms with Gasteiger partial charge in [-0.15, -0.1) is 0 Å². The van der Waals surface area contributed by atoms with Crippen LogP contribution in [0.3, 0.4) is 0 Å². The van der Waals surface area contributed by atoms with E-state index in [1.54, 1.807) is 30.6 Å². The van der Waals surface area contributed by atoms with Crippen molar-refractivity contribution in [1.29, 1.82) is 0 Å². The first-order valence-electron chi connectivity index (χ1n) is 12.2. The third kappa shape index (κ3) is 5.64. The van der Waals surface area contributed by atoms with E-state index in [1.807, 2.05) is 60.4 Å². The summed E-state index contributed by atoms with van der Waals surface area (Å²) in [6.07, 6.45) is 5.52. The second-order valence-corrected chi connectivity index (χ2v) is 8.85. The van der Waals surface area contributed by atoms with Crippen LogP contribution in [0.25, 0.3) is 22.2 Å². The number of carbonyl (C=O) groups is 2. The van der Waals surface area contributed by atoms with Crippen molar-refractivity contribution >= 4 is 28.4 Å². The molecule has 1 aliphatic rings. The van der Waals surface area contributed by atoms with E-state index in [1.165, 1.54) is 0 Å². The van der Waals surface area contributed by atoms with Gasteiger partial charge in [0, 0.05) is 36.4 Å². The number of likely N-dealkylation sites (tertiary alicyclic amines) is 1. The Balaban J connectivity index is 1.28. The molecule has 0 atom stereocenters. The lowest BCUT2D eigenvalue weighted by Gasteiger charge is -2.15. The summed E-state index contributed by atoms with van der Waals surface area (Å²) in [7, 11) is 0. The largest absolute Gasteiger partial charge is 0.484 e. The molecule has 4 aromatic rings. The maximum Gasteiger partial charge on any atom is 0.272 e. The van der Waals surface area contributed by atoms with Crippen LogP contribution in [0, 0.1) is 0 Å². The highest BCUT2D eigenvalue weighted by molar-refractivity contribution is 6.08.